The molecule has 0 amide bonds. The summed E-state index contributed by atoms with van der Waals surface area (Å²) in [6, 6.07) is 8.31. The molecule has 3 heteroatoms. The van der Waals surface area contributed by atoms with Crippen LogP contribution in [0, 0.1) is 0 Å². The summed E-state index contributed by atoms with van der Waals surface area (Å²) in [6.45, 7) is 0.685. The van der Waals surface area contributed by atoms with Gasteiger partial charge in [0.1, 0.15) is 0 Å². The summed E-state index contributed by atoms with van der Waals surface area (Å²) in [5, 5.41) is 1.23. The van der Waals surface area contributed by atoms with Crippen molar-refractivity contribution in [1.29, 1.82) is 0 Å². The molecule has 0 radical (unpaired) electrons. The van der Waals surface area contributed by atoms with Crippen molar-refractivity contribution in [2.45, 2.75) is 6.42 Å². The number of H-pyrrole nitrogens is 1. The number of rotatable bonds is 2. The van der Waals surface area contributed by atoms with Crippen LogP contribution in [-0.2, 0) is 6.42 Å². The van der Waals surface area contributed by atoms with E-state index < -0.39 is 0 Å². The van der Waals surface area contributed by atoms with Crippen LogP contribution in [0.2, 0.25) is 0 Å². The Morgan fingerprint density at radius 3 is 2.92 bits per heavy atom. The first-order valence-corrected chi connectivity index (χ1v) is 5.07. The quantitative estimate of drug-likeness (QED) is 0.830. The van der Waals surface area contributed by atoms with Gasteiger partial charge in [0.15, 0.2) is 0 Å². The summed E-state index contributed by atoms with van der Waals surface area (Å²) in [4.78, 5) is 3.34. The normalized spacial score (nSPS) is 10.9. The highest BCUT2D eigenvalue weighted by atomic mass is 79.9. The number of benzene rings is 1. The second kappa shape index (κ2) is 3.52. The number of hydrogen-bond donors (Lipinski definition) is 2. The SMILES string of the molecule is NCCc1cc2cccc(Br)c2[nH]1. The van der Waals surface area contributed by atoms with E-state index in [9.17, 15) is 0 Å². The summed E-state index contributed by atoms with van der Waals surface area (Å²) in [6.07, 6.45) is 0.904. The minimum Gasteiger partial charge on any atom is -0.357 e. The maximum atomic E-state index is 5.49. The second-order valence-electron chi connectivity index (χ2n) is 3.04. The lowest BCUT2D eigenvalue weighted by Crippen LogP contribution is -2.02. The maximum Gasteiger partial charge on any atom is 0.0600 e. The highest BCUT2D eigenvalue weighted by Gasteiger charge is 2.01. The van der Waals surface area contributed by atoms with Crippen LogP contribution in [0.5, 0.6) is 0 Å². The maximum absolute atomic E-state index is 5.49. The smallest absolute Gasteiger partial charge is 0.0600 e. The van der Waals surface area contributed by atoms with Crippen molar-refractivity contribution in [3.63, 3.8) is 0 Å². The molecule has 0 atom stereocenters. The van der Waals surface area contributed by atoms with Crippen molar-refractivity contribution >= 4 is 26.8 Å². The molecule has 3 N–H and O–H groups in total. The van der Waals surface area contributed by atoms with Gasteiger partial charge in [-0.2, -0.15) is 0 Å². The molecule has 2 nitrogen and oxygen atoms in total. The van der Waals surface area contributed by atoms with Crippen LogP contribution < -0.4 is 5.73 Å². The first-order valence-electron chi connectivity index (χ1n) is 4.27. The Hall–Kier alpha value is -0.800. The third kappa shape index (κ3) is 1.62. The number of aromatic amines is 1. The van der Waals surface area contributed by atoms with Gasteiger partial charge in [-0.15, -0.1) is 0 Å². The zero-order valence-electron chi connectivity index (χ0n) is 7.18. The van der Waals surface area contributed by atoms with E-state index in [2.05, 4.69) is 33.0 Å². The Bertz CT molecular complexity index is 420. The molecule has 0 unspecified atom stereocenters. The highest BCUT2D eigenvalue weighted by Crippen LogP contribution is 2.23. The van der Waals surface area contributed by atoms with E-state index in [1.165, 1.54) is 11.1 Å². The van der Waals surface area contributed by atoms with Gasteiger partial charge in [-0.3, -0.25) is 0 Å². The molecule has 0 saturated heterocycles. The van der Waals surface area contributed by atoms with Crippen LogP contribution in [0.1, 0.15) is 5.69 Å². The third-order valence-corrected chi connectivity index (χ3v) is 2.74. The number of para-hydroxylation sites is 1. The molecule has 1 heterocycles. The monoisotopic (exact) mass is 238 g/mol. The van der Waals surface area contributed by atoms with Crippen LogP contribution in [0.15, 0.2) is 28.7 Å². The lowest BCUT2D eigenvalue weighted by Gasteiger charge is -1.92. The van der Waals surface area contributed by atoms with Crippen molar-refractivity contribution in [2.24, 2.45) is 5.73 Å². The highest BCUT2D eigenvalue weighted by molar-refractivity contribution is 9.10. The molecule has 1 aromatic carbocycles. The third-order valence-electron chi connectivity index (χ3n) is 2.07. The molecule has 0 aliphatic rings. The predicted molar refractivity (Wildman–Crippen MR) is 58.8 cm³/mol. The molecule has 13 heavy (non-hydrogen) atoms. The van der Waals surface area contributed by atoms with E-state index in [-0.39, 0.29) is 0 Å². The number of aromatic nitrogens is 1. The summed E-state index contributed by atoms with van der Waals surface area (Å²) < 4.78 is 1.10. The van der Waals surface area contributed by atoms with Crippen LogP contribution in [-0.4, -0.2) is 11.5 Å². The largest absolute Gasteiger partial charge is 0.357 e. The number of hydrogen-bond acceptors (Lipinski definition) is 1. The lowest BCUT2D eigenvalue weighted by molar-refractivity contribution is 0.939. The van der Waals surface area contributed by atoms with Crippen LogP contribution in [0.3, 0.4) is 0 Å². The Kier molecular flexibility index (Phi) is 2.38. The molecular weight excluding hydrogens is 228 g/mol. The van der Waals surface area contributed by atoms with Crippen LogP contribution in [0.25, 0.3) is 10.9 Å². The molecule has 1 aromatic heterocycles. The van der Waals surface area contributed by atoms with Crippen molar-refractivity contribution < 1.29 is 0 Å². The van der Waals surface area contributed by atoms with Gasteiger partial charge in [-0.05, 0) is 41.0 Å². The summed E-state index contributed by atoms with van der Waals surface area (Å²) in [5.74, 6) is 0. The summed E-state index contributed by atoms with van der Waals surface area (Å²) in [7, 11) is 0. The molecule has 2 aromatic rings. The van der Waals surface area contributed by atoms with E-state index in [0.29, 0.717) is 6.54 Å². The van der Waals surface area contributed by atoms with Gasteiger partial charge in [0.25, 0.3) is 0 Å². The zero-order chi connectivity index (χ0) is 9.26. The molecule has 0 fully saturated rings. The standard InChI is InChI=1S/C10H11BrN2/c11-9-3-1-2-7-6-8(4-5-12)13-10(7)9/h1-3,6,13H,4-5,12H2. The minimum absolute atomic E-state index is 0.685. The van der Waals surface area contributed by atoms with Gasteiger partial charge >= 0.3 is 0 Å². The molecule has 0 spiro atoms. The fourth-order valence-electron chi connectivity index (χ4n) is 1.47. The molecule has 0 aliphatic carbocycles. The fraction of sp³-hybridized carbons (Fsp3) is 0.200. The molecule has 0 aliphatic heterocycles. The predicted octanol–water partition coefficient (Wildman–Crippen LogP) is 2.43. The Morgan fingerprint density at radius 2 is 2.23 bits per heavy atom. The zero-order valence-corrected chi connectivity index (χ0v) is 8.76. The van der Waals surface area contributed by atoms with E-state index >= 15 is 0 Å². The van der Waals surface area contributed by atoms with Crippen molar-refractivity contribution in [2.75, 3.05) is 6.54 Å². The van der Waals surface area contributed by atoms with Crippen LogP contribution in [0.4, 0.5) is 0 Å². The van der Waals surface area contributed by atoms with Gasteiger partial charge in [0.05, 0.1) is 5.52 Å². The Balaban J connectivity index is 2.55. The van der Waals surface area contributed by atoms with Gasteiger partial charge < -0.3 is 10.7 Å². The van der Waals surface area contributed by atoms with E-state index in [1.54, 1.807) is 0 Å². The lowest BCUT2D eigenvalue weighted by atomic mass is 10.2. The number of nitrogens with two attached hydrogens (primary N) is 1. The summed E-state index contributed by atoms with van der Waals surface area (Å²) >= 11 is 3.50. The van der Waals surface area contributed by atoms with Gasteiger partial charge in [-0.25, -0.2) is 0 Å². The first kappa shape index (κ1) is 8.78. The summed E-state index contributed by atoms with van der Waals surface area (Å²) in [5.41, 5.74) is 7.85. The van der Waals surface area contributed by atoms with Gasteiger partial charge in [-0.1, -0.05) is 12.1 Å². The number of nitrogens with one attached hydrogen (secondary N) is 1. The average molecular weight is 239 g/mol. The van der Waals surface area contributed by atoms with Crippen molar-refractivity contribution in [3.8, 4) is 0 Å². The number of fused-ring (bicyclic) bond motifs is 1. The molecular formula is C10H11BrN2. The van der Waals surface area contributed by atoms with Crippen LogP contribution >= 0.6 is 15.9 Å². The molecule has 68 valence electrons. The van der Waals surface area contributed by atoms with Crippen molar-refractivity contribution in [3.05, 3.63) is 34.4 Å². The van der Waals surface area contributed by atoms with E-state index in [1.807, 2.05) is 12.1 Å². The Labute approximate surface area is 85.3 Å². The number of halogens is 1. The molecule has 0 saturated carbocycles. The average Bonchev–Trinajstić information content (AvgIpc) is 2.49. The van der Waals surface area contributed by atoms with E-state index in [4.69, 9.17) is 5.73 Å². The first-order chi connectivity index (χ1) is 6.31. The van der Waals surface area contributed by atoms with E-state index in [0.717, 1.165) is 16.4 Å². The minimum atomic E-state index is 0.685. The second-order valence-corrected chi connectivity index (χ2v) is 3.89. The fourth-order valence-corrected chi connectivity index (χ4v) is 1.95. The molecule has 0 bridgehead atoms. The van der Waals surface area contributed by atoms with Crippen molar-refractivity contribution in [1.82, 2.24) is 4.98 Å². The Morgan fingerprint density at radius 1 is 1.38 bits per heavy atom. The topological polar surface area (TPSA) is 41.8 Å². The van der Waals surface area contributed by atoms with Gasteiger partial charge in [0.2, 0.25) is 0 Å². The van der Waals surface area contributed by atoms with Gasteiger partial charge in [0, 0.05) is 15.6 Å². The molecule has 2 rings (SSSR count).